The average molecular weight is 226 g/mol. The first kappa shape index (κ1) is 12.9. The number of aliphatic hydroxyl groups excluding tert-OH is 2. The van der Waals surface area contributed by atoms with Crippen molar-refractivity contribution in [3.8, 4) is 0 Å². The molecule has 0 fully saturated rings. The summed E-state index contributed by atoms with van der Waals surface area (Å²) in [7, 11) is 0. The van der Waals surface area contributed by atoms with Gasteiger partial charge < -0.3 is 15.3 Å². The molecule has 0 radical (unpaired) electrons. The Morgan fingerprint density at radius 2 is 1.94 bits per heavy atom. The number of hydrogen-bond acceptors (Lipinski definition) is 3. The van der Waals surface area contributed by atoms with Gasteiger partial charge >= 0.3 is 5.97 Å². The van der Waals surface area contributed by atoms with E-state index in [0.29, 0.717) is 12.0 Å². The Balaban J connectivity index is 2.69. The third kappa shape index (κ3) is 2.93. The van der Waals surface area contributed by atoms with Crippen LogP contribution >= 0.6 is 0 Å². The van der Waals surface area contributed by atoms with Gasteiger partial charge in [-0.05, 0) is 24.5 Å². The minimum atomic E-state index is -1.31. The molecule has 0 aromatic heterocycles. The number of aliphatic hydroxyl groups is 2. The van der Waals surface area contributed by atoms with Crippen LogP contribution in [0.4, 0.5) is 0 Å². The highest BCUT2D eigenvalue weighted by Gasteiger charge is 2.30. The number of aliphatic carboxylic acids is 1. The number of carboxylic acid groups (broad SMARTS) is 1. The molecule has 16 heavy (non-hydrogen) atoms. The smallest absolute Gasteiger partial charge is 0.334 e. The van der Waals surface area contributed by atoms with Crippen molar-refractivity contribution < 1.29 is 20.1 Å². The fraction of sp³-hybridized carbons (Fsp3) is 0.583. The Morgan fingerprint density at radius 1 is 1.25 bits per heavy atom. The molecule has 0 aromatic rings. The van der Waals surface area contributed by atoms with Crippen LogP contribution in [-0.2, 0) is 4.79 Å². The van der Waals surface area contributed by atoms with E-state index in [1.54, 1.807) is 6.08 Å². The Morgan fingerprint density at radius 3 is 2.50 bits per heavy atom. The standard InChI is InChI=1S/C12H18O4/c1-2-3-4-5-8-6-7-9(12(15)16)11(14)10(8)13/h6-7,10-11,13-14H,2-5H2,1H3,(H,15,16). The molecule has 4 heteroatoms. The summed E-state index contributed by atoms with van der Waals surface area (Å²) in [5.74, 6) is -1.18. The molecule has 2 unspecified atom stereocenters. The van der Waals surface area contributed by atoms with Gasteiger partial charge in [0.2, 0.25) is 0 Å². The van der Waals surface area contributed by atoms with Gasteiger partial charge in [0.25, 0.3) is 0 Å². The fourth-order valence-corrected chi connectivity index (χ4v) is 1.77. The van der Waals surface area contributed by atoms with Gasteiger partial charge in [0.05, 0.1) is 5.57 Å². The second-order valence-electron chi connectivity index (χ2n) is 4.02. The Labute approximate surface area is 94.9 Å². The van der Waals surface area contributed by atoms with E-state index in [9.17, 15) is 15.0 Å². The summed E-state index contributed by atoms with van der Waals surface area (Å²) >= 11 is 0. The summed E-state index contributed by atoms with van der Waals surface area (Å²) in [6.45, 7) is 2.09. The first-order chi connectivity index (χ1) is 7.57. The van der Waals surface area contributed by atoms with Crippen molar-refractivity contribution >= 4 is 5.97 Å². The highest BCUT2D eigenvalue weighted by molar-refractivity contribution is 5.88. The molecule has 0 bridgehead atoms. The van der Waals surface area contributed by atoms with Crippen LogP contribution < -0.4 is 0 Å². The summed E-state index contributed by atoms with van der Waals surface area (Å²) in [5, 5.41) is 28.1. The second kappa shape index (κ2) is 5.82. The Bertz CT molecular complexity index is 317. The van der Waals surface area contributed by atoms with Crippen LogP contribution in [0.2, 0.25) is 0 Å². The lowest BCUT2D eigenvalue weighted by atomic mass is 9.89. The van der Waals surface area contributed by atoms with Gasteiger partial charge in [0, 0.05) is 0 Å². The number of carboxylic acids is 1. The van der Waals surface area contributed by atoms with Crippen LogP contribution in [0.1, 0.15) is 32.6 Å². The zero-order chi connectivity index (χ0) is 12.1. The van der Waals surface area contributed by atoms with Crippen molar-refractivity contribution in [1.29, 1.82) is 0 Å². The van der Waals surface area contributed by atoms with E-state index in [4.69, 9.17) is 5.11 Å². The molecule has 0 amide bonds. The minimum Gasteiger partial charge on any atom is -0.478 e. The second-order valence-corrected chi connectivity index (χ2v) is 4.02. The number of unbranched alkanes of at least 4 members (excludes halogenated alkanes) is 2. The van der Waals surface area contributed by atoms with Crippen LogP contribution in [0.15, 0.2) is 23.3 Å². The highest BCUT2D eigenvalue weighted by atomic mass is 16.4. The normalized spacial score (nSPS) is 24.9. The maximum atomic E-state index is 10.7. The van der Waals surface area contributed by atoms with Crippen LogP contribution in [-0.4, -0.2) is 33.5 Å². The van der Waals surface area contributed by atoms with Gasteiger partial charge in [-0.2, -0.15) is 0 Å². The van der Waals surface area contributed by atoms with Crippen LogP contribution in [0.5, 0.6) is 0 Å². The SMILES string of the molecule is CCCCCC1=CC=C(C(=O)O)C(O)C1O. The molecule has 0 aliphatic heterocycles. The minimum absolute atomic E-state index is 0.147. The van der Waals surface area contributed by atoms with E-state index in [1.165, 1.54) is 6.08 Å². The van der Waals surface area contributed by atoms with Crippen LogP contribution in [0.25, 0.3) is 0 Å². The molecule has 4 nitrogen and oxygen atoms in total. The summed E-state index contributed by atoms with van der Waals surface area (Å²) in [6, 6.07) is 0. The molecule has 90 valence electrons. The van der Waals surface area contributed by atoms with E-state index < -0.39 is 18.2 Å². The van der Waals surface area contributed by atoms with Gasteiger partial charge in [-0.15, -0.1) is 0 Å². The number of allylic oxidation sites excluding steroid dienone is 2. The number of rotatable bonds is 5. The average Bonchev–Trinajstić information content (AvgIpc) is 2.24. The molecule has 3 N–H and O–H groups in total. The lowest BCUT2D eigenvalue weighted by Crippen LogP contribution is -2.34. The zero-order valence-electron chi connectivity index (χ0n) is 9.39. The quantitative estimate of drug-likeness (QED) is 0.616. The monoisotopic (exact) mass is 226 g/mol. The first-order valence-electron chi connectivity index (χ1n) is 5.58. The van der Waals surface area contributed by atoms with E-state index in [0.717, 1.165) is 19.3 Å². The van der Waals surface area contributed by atoms with E-state index in [2.05, 4.69) is 6.92 Å². The third-order valence-corrected chi connectivity index (χ3v) is 2.79. The third-order valence-electron chi connectivity index (χ3n) is 2.79. The van der Waals surface area contributed by atoms with E-state index in [1.807, 2.05) is 0 Å². The first-order valence-corrected chi connectivity index (χ1v) is 5.58. The molecule has 1 rings (SSSR count). The molecular formula is C12H18O4. The lowest BCUT2D eigenvalue weighted by molar-refractivity contribution is -0.134. The van der Waals surface area contributed by atoms with Crippen molar-refractivity contribution in [2.75, 3.05) is 0 Å². The maximum Gasteiger partial charge on any atom is 0.334 e. The molecule has 0 spiro atoms. The zero-order valence-corrected chi connectivity index (χ0v) is 9.39. The number of hydrogen-bond donors (Lipinski definition) is 3. The van der Waals surface area contributed by atoms with Crippen molar-refractivity contribution in [3.63, 3.8) is 0 Å². The largest absolute Gasteiger partial charge is 0.478 e. The Hall–Kier alpha value is -1.13. The lowest BCUT2D eigenvalue weighted by Gasteiger charge is -2.24. The summed E-state index contributed by atoms with van der Waals surface area (Å²) in [4.78, 5) is 10.7. The molecule has 0 aromatic carbocycles. The molecule has 0 heterocycles. The number of carbonyl (C=O) groups is 1. The molecule has 0 saturated heterocycles. The molecule has 2 atom stereocenters. The van der Waals surface area contributed by atoms with Gasteiger partial charge in [-0.1, -0.05) is 25.8 Å². The topological polar surface area (TPSA) is 77.8 Å². The molecule has 1 aliphatic rings. The molecule has 1 aliphatic carbocycles. The van der Waals surface area contributed by atoms with Gasteiger partial charge in [-0.3, -0.25) is 0 Å². The van der Waals surface area contributed by atoms with E-state index >= 15 is 0 Å². The van der Waals surface area contributed by atoms with Gasteiger partial charge in [-0.25, -0.2) is 4.79 Å². The summed E-state index contributed by atoms with van der Waals surface area (Å²) < 4.78 is 0. The van der Waals surface area contributed by atoms with Crippen molar-refractivity contribution in [2.24, 2.45) is 0 Å². The highest BCUT2D eigenvalue weighted by Crippen LogP contribution is 2.24. The van der Waals surface area contributed by atoms with Gasteiger partial charge in [0.1, 0.15) is 12.2 Å². The predicted octanol–water partition coefficient (Wildman–Crippen LogP) is 1.24. The summed E-state index contributed by atoms with van der Waals surface area (Å²) in [6.07, 6.45) is 4.40. The fourth-order valence-electron chi connectivity index (χ4n) is 1.77. The van der Waals surface area contributed by atoms with Crippen molar-refractivity contribution in [2.45, 2.75) is 44.8 Å². The predicted molar refractivity (Wildman–Crippen MR) is 60.0 cm³/mol. The van der Waals surface area contributed by atoms with E-state index in [-0.39, 0.29) is 5.57 Å². The maximum absolute atomic E-state index is 10.7. The van der Waals surface area contributed by atoms with Gasteiger partial charge in [0.15, 0.2) is 0 Å². The van der Waals surface area contributed by atoms with Crippen molar-refractivity contribution in [1.82, 2.24) is 0 Å². The molecule has 0 saturated carbocycles. The Kier molecular flexibility index (Phi) is 4.71. The van der Waals surface area contributed by atoms with Crippen molar-refractivity contribution in [3.05, 3.63) is 23.3 Å². The molecular weight excluding hydrogens is 208 g/mol. The summed E-state index contributed by atoms with van der Waals surface area (Å²) in [5.41, 5.74) is 0.567. The van der Waals surface area contributed by atoms with Crippen LogP contribution in [0, 0.1) is 0 Å². The van der Waals surface area contributed by atoms with Crippen LogP contribution in [0.3, 0.4) is 0 Å².